The van der Waals surface area contributed by atoms with Gasteiger partial charge in [-0.25, -0.2) is 4.98 Å². The van der Waals surface area contributed by atoms with E-state index in [4.69, 9.17) is 26.1 Å². The summed E-state index contributed by atoms with van der Waals surface area (Å²) in [5.74, 6) is 2.07. The van der Waals surface area contributed by atoms with Crippen molar-refractivity contribution in [3.8, 4) is 27.8 Å². The van der Waals surface area contributed by atoms with Gasteiger partial charge in [-0.05, 0) is 42.8 Å². The van der Waals surface area contributed by atoms with Crippen LogP contribution in [0.1, 0.15) is 11.3 Å². The number of hydrogen-bond donors (Lipinski definition) is 0. The minimum atomic E-state index is 0.683. The molecule has 0 amide bonds. The largest absolute Gasteiger partial charge is 0.493 e. The molecule has 9 heteroatoms. The fourth-order valence-corrected chi connectivity index (χ4v) is 4.76. The number of thiazole rings is 1. The third-order valence-electron chi connectivity index (χ3n) is 4.48. The van der Waals surface area contributed by atoms with Crippen LogP contribution in [0, 0.1) is 6.92 Å². The van der Waals surface area contributed by atoms with E-state index in [1.54, 1.807) is 43.6 Å². The molecule has 0 aliphatic carbocycles. The lowest BCUT2D eigenvalue weighted by atomic mass is 10.2. The second kappa shape index (κ2) is 9.07. The Balaban J connectivity index is 1.50. The Labute approximate surface area is 187 Å². The van der Waals surface area contributed by atoms with Crippen molar-refractivity contribution >= 4 is 34.7 Å². The van der Waals surface area contributed by atoms with Gasteiger partial charge in [-0.2, -0.15) is 0 Å². The molecule has 6 nitrogen and oxygen atoms in total. The van der Waals surface area contributed by atoms with Gasteiger partial charge >= 0.3 is 0 Å². The summed E-state index contributed by atoms with van der Waals surface area (Å²) in [5, 5.41) is 12.8. The van der Waals surface area contributed by atoms with Crippen LogP contribution in [0.15, 0.2) is 53.3 Å². The van der Waals surface area contributed by atoms with Crippen molar-refractivity contribution in [1.82, 2.24) is 19.7 Å². The molecule has 0 aliphatic rings. The third-order valence-corrected chi connectivity index (χ3v) is 6.81. The second-order valence-electron chi connectivity index (χ2n) is 6.42. The molecular weight excluding hydrogens is 440 g/mol. The molecule has 0 N–H and O–H groups in total. The first-order valence-electron chi connectivity index (χ1n) is 9.05. The molecule has 0 aliphatic heterocycles. The van der Waals surface area contributed by atoms with Crippen LogP contribution in [-0.4, -0.2) is 34.0 Å². The van der Waals surface area contributed by atoms with Crippen molar-refractivity contribution in [1.29, 1.82) is 0 Å². The van der Waals surface area contributed by atoms with E-state index in [1.165, 1.54) is 0 Å². The first-order valence-corrected chi connectivity index (χ1v) is 11.3. The molecule has 154 valence electrons. The number of methoxy groups -OCH3 is 2. The van der Waals surface area contributed by atoms with Crippen LogP contribution in [0.2, 0.25) is 5.02 Å². The Kier molecular flexibility index (Phi) is 6.26. The van der Waals surface area contributed by atoms with E-state index in [2.05, 4.69) is 15.6 Å². The highest BCUT2D eigenvalue weighted by Gasteiger charge is 2.12. The molecule has 0 bridgehead atoms. The number of aromatic nitrogens is 4. The number of benzene rings is 2. The van der Waals surface area contributed by atoms with E-state index >= 15 is 0 Å². The monoisotopic (exact) mass is 458 g/mol. The number of nitrogens with zero attached hydrogens (tertiary/aromatic N) is 4. The minimum Gasteiger partial charge on any atom is -0.493 e. The number of hydrogen-bond acceptors (Lipinski definition) is 7. The lowest BCUT2D eigenvalue weighted by Crippen LogP contribution is -1.96. The third kappa shape index (κ3) is 4.30. The van der Waals surface area contributed by atoms with Gasteiger partial charge in [0.25, 0.3) is 0 Å². The highest BCUT2D eigenvalue weighted by molar-refractivity contribution is 7.98. The molecular formula is C21H19ClN4O2S2. The maximum Gasteiger partial charge on any atom is 0.195 e. The Morgan fingerprint density at radius 2 is 1.93 bits per heavy atom. The predicted octanol–water partition coefficient (Wildman–Crippen LogP) is 5.66. The molecule has 4 rings (SSSR count). The summed E-state index contributed by atoms with van der Waals surface area (Å²) in [6, 6.07) is 11.7. The lowest BCUT2D eigenvalue weighted by Gasteiger charge is -2.08. The summed E-state index contributed by atoms with van der Waals surface area (Å²) in [4.78, 5) is 4.76. The molecule has 2 heterocycles. The zero-order valence-electron chi connectivity index (χ0n) is 16.6. The standard InChI is InChI=1S/C21H19ClN4O2S2/c1-13-4-6-16(9-17(13)22)26-12-23-25-21(26)30-11-15-10-29-20(24-15)14-5-7-18(27-2)19(8-14)28-3/h4-10,12H,11H2,1-3H3. The van der Waals surface area contributed by atoms with Gasteiger partial charge in [0.1, 0.15) is 11.3 Å². The molecule has 0 atom stereocenters. The van der Waals surface area contributed by atoms with E-state index in [1.807, 2.05) is 47.9 Å². The maximum absolute atomic E-state index is 6.27. The molecule has 2 aromatic carbocycles. The summed E-state index contributed by atoms with van der Waals surface area (Å²) in [5.41, 5.74) is 3.94. The number of rotatable bonds is 7. The second-order valence-corrected chi connectivity index (χ2v) is 8.63. The van der Waals surface area contributed by atoms with Crippen molar-refractivity contribution in [2.24, 2.45) is 0 Å². The first kappa shape index (κ1) is 20.7. The van der Waals surface area contributed by atoms with Gasteiger partial charge < -0.3 is 9.47 Å². The van der Waals surface area contributed by atoms with Crippen molar-refractivity contribution in [3.63, 3.8) is 0 Å². The fraction of sp³-hybridized carbons (Fsp3) is 0.190. The number of thioether (sulfide) groups is 1. The van der Waals surface area contributed by atoms with Gasteiger partial charge in [-0.15, -0.1) is 21.5 Å². The lowest BCUT2D eigenvalue weighted by molar-refractivity contribution is 0.355. The number of aryl methyl sites for hydroxylation is 1. The molecule has 4 aromatic rings. The van der Waals surface area contributed by atoms with Crippen LogP contribution in [0.5, 0.6) is 11.5 Å². The normalized spacial score (nSPS) is 10.9. The quantitative estimate of drug-likeness (QED) is 0.333. The van der Waals surface area contributed by atoms with Crippen molar-refractivity contribution in [2.75, 3.05) is 14.2 Å². The summed E-state index contributed by atoms with van der Waals surface area (Å²) in [6.45, 7) is 1.98. The molecule has 2 aromatic heterocycles. The van der Waals surface area contributed by atoms with Crippen LogP contribution in [0.4, 0.5) is 0 Å². The van der Waals surface area contributed by atoms with Crippen molar-refractivity contribution < 1.29 is 9.47 Å². The summed E-state index contributed by atoms with van der Waals surface area (Å²) < 4.78 is 12.6. The molecule has 0 saturated carbocycles. The van der Waals surface area contributed by atoms with Gasteiger partial charge in [0.2, 0.25) is 0 Å². The van der Waals surface area contributed by atoms with Gasteiger partial charge in [0, 0.05) is 21.7 Å². The Hall–Kier alpha value is -2.55. The van der Waals surface area contributed by atoms with Gasteiger partial charge in [-0.1, -0.05) is 29.4 Å². The summed E-state index contributed by atoms with van der Waals surface area (Å²) >= 11 is 9.45. The topological polar surface area (TPSA) is 62.1 Å². The van der Waals surface area contributed by atoms with Crippen LogP contribution in [0.3, 0.4) is 0 Å². The van der Waals surface area contributed by atoms with E-state index in [9.17, 15) is 0 Å². The van der Waals surface area contributed by atoms with Crippen molar-refractivity contribution in [2.45, 2.75) is 17.8 Å². The molecule has 0 unspecified atom stereocenters. The zero-order valence-corrected chi connectivity index (χ0v) is 19.0. The van der Waals surface area contributed by atoms with Crippen LogP contribution < -0.4 is 9.47 Å². The maximum atomic E-state index is 6.27. The van der Waals surface area contributed by atoms with Gasteiger partial charge in [0.15, 0.2) is 16.7 Å². The fourth-order valence-electron chi connectivity index (χ4n) is 2.85. The molecule has 30 heavy (non-hydrogen) atoms. The first-order chi connectivity index (χ1) is 14.6. The van der Waals surface area contributed by atoms with Gasteiger partial charge in [-0.3, -0.25) is 4.57 Å². The van der Waals surface area contributed by atoms with E-state index in [0.717, 1.165) is 37.7 Å². The molecule has 0 spiro atoms. The molecule has 0 fully saturated rings. The Morgan fingerprint density at radius 3 is 2.70 bits per heavy atom. The van der Waals surface area contributed by atoms with E-state index in [0.29, 0.717) is 17.3 Å². The summed E-state index contributed by atoms with van der Waals surface area (Å²) in [7, 11) is 3.25. The average molecular weight is 459 g/mol. The number of ether oxygens (including phenoxy) is 2. The average Bonchev–Trinajstić information content (AvgIpc) is 3.43. The van der Waals surface area contributed by atoms with Crippen LogP contribution >= 0.6 is 34.7 Å². The highest BCUT2D eigenvalue weighted by atomic mass is 35.5. The van der Waals surface area contributed by atoms with E-state index in [-0.39, 0.29) is 0 Å². The van der Waals surface area contributed by atoms with Crippen molar-refractivity contribution in [3.05, 3.63) is 64.4 Å². The Morgan fingerprint density at radius 1 is 1.10 bits per heavy atom. The number of halogens is 1. The SMILES string of the molecule is COc1ccc(-c2nc(CSc3nncn3-c3ccc(C)c(Cl)c3)cs2)cc1OC. The van der Waals surface area contributed by atoms with Crippen LogP contribution in [-0.2, 0) is 5.75 Å². The highest BCUT2D eigenvalue weighted by Crippen LogP contribution is 2.34. The van der Waals surface area contributed by atoms with E-state index < -0.39 is 0 Å². The molecule has 0 radical (unpaired) electrons. The van der Waals surface area contributed by atoms with Crippen LogP contribution in [0.25, 0.3) is 16.3 Å². The minimum absolute atomic E-state index is 0.683. The van der Waals surface area contributed by atoms with Gasteiger partial charge in [0.05, 0.1) is 25.6 Å². The predicted molar refractivity (Wildman–Crippen MR) is 121 cm³/mol. The smallest absolute Gasteiger partial charge is 0.195 e. The summed E-state index contributed by atoms with van der Waals surface area (Å²) in [6.07, 6.45) is 1.69. The zero-order chi connectivity index (χ0) is 21.1. The molecule has 0 saturated heterocycles. The Bertz CT molecular complexity index is 1180.